The van der Waals surface area contributed by atoms with Crippen molar-refractivity contribution in [1.82, 2.24) is 5.32 Å². The average molecular weight is 251 g/mol. The molecule has 0 aromatic carbocycles. The molecular formula is C13H17NO4. The standard InChI is InChI=1S/C13H17NO4/c1-9(2)14-12(15)8-17-13(16)7-6-11-5-4-10(3)18-11/h4-7,9H,8H2,1-3H3,(H,14,15)/b7-6+. The largest absolute Gasteiger partial charge is 0.462 e. The summed E-state index contributed by atoms with van der Waals surface area (Å²) < 4.78 is 9.99. The first-order valence-corrected chi connectivity index (χ1v) is 5.68. The van der Waals surface area contributed by atoms with Crippen molar-refractivity contribution in [1.29, 1.82) is 0 Å². The number of hydrogen-bond acceptors (Lipinski definition) is 4. The van der Waals surface area contributed by atoms with Crippen molar-refractivity contribution in [2.75, 3.05) is 6.61 Å². The first-order valence-electron chi connectivity index (χ1n) is 5.68. The minimum Gasteiger partial charge on any atom is -0.462 e. The van der Waals surface area contributed by atoms with E-state index in [1.165, 1.54) is 12.2 Å². The summed E-state index contributed by atoms with van der Waals surface area (Å²) in [7, 11) is 0. The minimum atomic E-state index is -0.581. The minimum absolute atomic E-state index is 0.0258. The fraction of sp³-hybridized carbons (Fsp3) is 0.385. The summed E-state index contributed by atoms with van der Waals surface area (Å²) in [6.45, 7) is 5.20. The lowest BCUT2D eigenvalue weighted by Crippen LogP contribution is -2.33. The van der Waals surface area contributed by atoms with Crippen LogP contribution < -0.4 is 5.32 Å². The number of hydrogen-bond donors (Lipinski definition) is 1. The van der Waals surface area contributed by atoms with Gasteiger partial charge in [-0.25, -0.2) is 4.79 Å². The Morgan fingerprint density at radius 2 is 2.17 bits per heavy atom. The van der Waals surface area contributed by atoms with Gasteiger partial charge in [0.15, 0.2) is 6.61 Å². The molecule has 0 spiro atoms. The van der Waals surface area contributed by atoms with E-state index >= 15 is 0 Å². The van der Waals surface area contributed by atoms with E-state index < -0.39 is 5.97 Å². The number of furan rings is 1. The van der Waals surface area contributed by atoms with Crippen LogP contribution in [0.1, 0.15) is 25.4 Å². The van der Waals surface area contributed by atoms with Crippen LogP contribution in [0.25, 0.3) is 6.08 Å². The van der Waals surface area contributed by atoms with Crippen LogP contribution in [0, 0.1) is 6.92 Å². The molecule has 5 heteroatoms. The molecule has 0 saturated carbocycles. The van der Waals surface area contributed by atoms with Gasteiger partial charge in [0.05, 0.1) is 0 Å². The number of carbonyl (C=O) groups excluding carboxylic acids is 2. The van der Waals surface area contributed by atoms with Gasteiger partial charge < -0.3 is 14.5 Å². The van der Waals surface area contributed by atoms with Gasteiger partial charge in [0, 0.05) is 12.1 Å². The Labute approximate surface area is 106 Å². The molecule has 0 aliphatic carbocycles. The predicted octanol–water partition coefficient (Wildman–Crippen LogP) is 1.67. The van der Waals surface area contributed by atoms with Gasteiger partial charge >= 0.3 is 5.97 Å². The van der Waals surface area contributed by atoms with Crippen LogP contribution in [0.3, 0.4) is 0 Å². The molecule has 0 unspecified atom stereocenters. The molecule has 0 atom stereocenters. The van der Waals surface area contributed by atoms with Crippen LogP contribution >= 0.6 is 0 Å². The maximum atomic E-state index is 11.3. The second kappa shape index (κ2) is 6.64. The number of aryl methyl sites for hydroxylation is 1. The van der Waals surface area contributed by atoms with Gasteiger partial charge in [-0.3, -0.25) is 4.79 Å². The Bertz CT molecular complexity index is 446. The highest BCUT2D eigenvalue weighted by molar-refractivity contribution is 5.88. The van der Waals surface area contributed by atoms with E-state index in [1.54, 1.807) is 12.1 Å². The molecular weight excluding hydrogens is 234 g/mol. The monoisotopic (exact) mass is 251 g/mol. The van der Waals surface area contributed by atoms with E-state index in [9.17, 15) is 9.59 Å². The quantitative estimate of drug-likeness (QED) is 0.638. The number of esters is 1. The second-order valence-electron chi connectivity index (χ2n) is 4.11. The molecule has 5 nitrogen and oxygen atoms in total. The molecule has 0 aliphatic rings. The summed E-state index contributed by atoms with van der Waals surface area (Å²) in [4.78, 5) is 22.5. The Morgan fingerprint density at radius 1 is 1.44 bits per heavy atom. The molecule has 1 aromatic heterocycles. The van der Waals surface area contributed by atoms with Gasteiger partial charge in [-0.2, -0.15) is 0 Å². The Kier molecular flexibility index (Phi) is 5.17. The van der Waals surface area contributed by atoms with Crippen molar-refractivity contribution in [2.45, 2.75) is 26.8 Å². The summed E-state index contributed by atoms with van der Waals surface area (Å²) in [6.07, 6.45) is 2.72. The molecule has 1 rings (SSSR count). The van der Waals surface area contributed by atoms with Gasteiger partial charge in [0.2, 0.25) is 0 Å². The third-order valence-electron chi connectivity index (χ3n) is 1.94. The lowest BCUT2D eigenvalue weighted by Gasteiger charge is -2.07. The highest BCUT2D eigenvalue weighted by atomic mass is 16.5. The van der Waals surface area contributed by atoms with Crippen molar-refractivity contribution < 1.29 is 18.7 Å². The predicted molar refractivity (Wildman–Crippen MR) is 66.7 cm³/mol. The molecule has 1 aromatic rings. The van der Waals surface area contributed by atoms with Crippen LogP contribution in [0.15, 0.2) is 22.6 Å². The summed E-state index contributed by atoms with van der Waals surface area (Å²) in [5.41, 5.74) is 0. The number of ether oxygens (including phenoxy) is 1. The van der Waals surface area contributed by atoms with E-state index in [0.29, 0.717) is 5.76 Å². The van der Waals surface area contributed by atoms with Gasteiger partial charge in [-0.1, -0.05) is 0 Å². The number of nitrogens with one attached hydrogen (secondary N) is 1. The molecule has 0 saturated heterocycles. The van der Waals surface area contributed by atoms with Crippen LogP contribution in [0.2, 0.25) is 0 Å². The Balaban J connectivity index is 2.33. The third-order valence-corrected chi connectivity index (χ3v) is 1.94. The van der Waals surface area contributed by atoms with Crippen molar-refractivity contribution in [3.05, 3.63) is 29.7 Å². The molecule has 18 heavy (non-hydrogen) atoms. The molecule has 1 heterocycles. The van der Waals surface area contributed by atoms with Crippen molar-refractivity contribution in [2.24, 2.45) is 0 Å². The van der Waals surface area contributed by atoms with Crippen LogP contribution in [0.4, 0.5) is 0 Å². The second-order valence-corrected chi connectivity index (χ2v) is 4.11. The van der Waals surface area contributed by atoms with E-state index in [2.05, 4.69) is 5.32 Å². The number of amides is 1. The van der Waals surface area contributed by atoms with Gasteiger partial charge in [-0.15, -0.1) is 0 Å². The Hall–Kier alpha value is -2.04. The lowest BCUT2D eigenvalue weighted by molar-refractivity contribution is -0.143. The smallest absolute Gasteiger partial charge is 0.331 e. The van der Waals surface area contributed by atoms with Crippen molar-refractivity contribution in [3.8, 4) is 0 Å². The first-order chi connectivity index (χ1) is 8.47. The molecule has 98 valence electrons. The zero-order chi connectivity index (χ0) is 13.5. The molecule has 0 fully saturated rings. The molecule has 0 radical (unpaired) electrons. The van der Waals surface area contributed by atoms with E-state index in [0.717, 1.165) is 5.76 Å². The third kappa shape index (κ3) is 5.34. The fourth-order valence-corrected chi connectivity index (χ4v) is 1.24. The summed E-state index contributed by atoms with van der Waals surface area (Å²) in [6, 6.07) is 3.56. The van der Waals surface area contributed by atoms with E-state index in [1.807, 2.05) is 20.8 Å². The zero-order valence-corrected chi connectivity index (χ0v) is 10.7. The van der Waals surface area contributed by atoms with Gasteiger partial charge in [0.1, 0.15) is 11.5 Å². The van der Waals surface area contributed by atoms with Gasteiger partial charge in [-0.05, 0) is 39.0 Å². The van der Waals surface area contributed by atoms with Crippen LogP contribution in [-0.2, 0) is 14.3 Å². The maximum Gasteiger partial charge on any atom is 0.331 e. The highest BCUT2D eigenvalue weighted by Gasteiger charge is 2.06. The Morgan fingerprint density at radius 3 is 2.72 bits per heavy atom. The highest BCUT2D eigenvalue weighted by Crippen LogP contribution is 2.07. The normalized spacial score (nSPS) is 10.9. The van der Waals surface area contributed by atoms with Crippen molar-refractivity contribution in [3.63, 3.8) is 0 Å². The fourth-order valence-electron chi connectivity index (χ4n) is 1.24. The van der Waals surface area contributed by atoms with Crippen LogP contribution in [0.5, 0.6) is 0 Å². The molecule has 0 aliphatic heterocycles. The maximum absolute atomic E-state index is 11.3. The molecule has 1 N–H and O–H groups in total. The summed E-state index contributed by atoms with van der Waals surface area (Å²) >= 11 is 0. The SMILES string of the molecule is Cc1ccc(/C=C/C(=O)OCC(=O)NC(C)C)o1. The van der Waals surface area contributed by atoms with Crippen molar-refractivity contribution >= 4 is 18.0 Å². The van der Waals surface area contributed by atoms with E-state index in [4.69, 9.17) is 9.15 Å². The molecule has 1 amide bonds. The van der Waals surface area contributed by atoms with Gasteiger partial charge in [0.25, 0.3) is 5.91 Å². The van der Waals surface area contributed by atoms with Crippen LogP contribution in [-0.4, -0.2) is 24.5 Å². The topological polar surface area (TPSA) is 68.5 Å². The first kappa shape index (κ1) is 14.0. The summed E-state index contributed by atoms with van der Waals surface area (Å²) in [5.74, 6) is 0.430. The summed E-state index contributed by atoms with van der Waals surface area (Å²) in [5, 5.41) is 2.62. The number of rotatable bonds is 5. The zero-order valence-electron chi connectivity index (χ0n) is 10.7. The average Bonchev–Trinajstić information content (AvgIpc) is 2.69. The number of carbonyl (C=O) groups is 2. The lowest BCUT2D eigenvalue weighted by atomic mass is 10.4. The van der Waals surface area contributed by atoms with E-state index in [-0.39, 0.29) is 18.6 Å². The molecule has 0 bridgehead atoms.